The molecule has 1 aliphatic heterocycles. The molecule has 0 aromatic rings. The standard InChI is InChI=1S/C14H28O4/c1-9-11(15)12(18-14(5,6)7)10(17-9)8-16-13(2,3)4/h9-12,15H,8H2,1-7H3/t9-,10-,11-,12?/m1/s1. The minimum atomic E-state index is -0.599. The average Bonchev–Trinajstić information content (AvgIpc) is 2.39. The summed E-state index contributed by atoms with van der Waals surface area (Å²) in [4.78, 5) is 0. The molecule has 0 aromatic heterocycles. The van der Waals surface area contributed by atoms with Crippen molar-refractivity contribution >= 4 is 0 Å². The van der Waals surface area contributed by atoms with Crippen molar-refractivity contribution in [2.24, 2.45) is 0 Å². The average molecular weight is 260 g/mol. The van der Waals surface area contributed by atoms with Gasteiger partial charge in [-0.2, -0.15) is 0 Å². The second-order valence-corrected chi connectivity index (χ2v) is 6.99. The molecule has 4 heteroatoms. The Balaban J connectivity index is 2.64. The highest BCUT2D eigenvalue weighted by molar-refractivity contribution is 4.91. The first-order chi connectivity index (χ1) is 7.99. The number of aliphatic hydroxyl groups is 1. The van der Waals surface area contributed by atoms with E-state index in [9.17, 15) is 5.11 Å². The van der Waals surface area contributed by atoms with Gasteiger partial charge in [0.15, 0.2) is 0 Å². The summed E-state index contributed by atoms with van der Waals surface area (Å²) in [5.74, 6) is 0. The summed E-state index contributed by atoms with van der Waals surface area (Å²) in [6.07, 6.45) is -1.36. The van der Waals surface area contributed by atoms with Gasteiger partial charge in [-0.15, -0.1) is 0 Å². The van der Waals surface area contributed by atoms with Crippen LogP contribution < -0.4 is 0 Å². The minimum Gasteiger partial charge on any atom is -0.388 e. The lowest BCUT2D eigenvalue weighted by atomic mass is 10.1. The number of rotatable bonds is 3. The molecular formula is C14H28O4. The van der Waals surface area contributed by atoms with Crippen LogP contribution in [0.5, 0.6) is 0 Å². The normalized spacial score (nSPS) is 34.0. The van der Waals surface area contributed by atoms with Crippen molar-refractivity contribution in [1.82, 2.24) is 0 Å². The molecule has 0 amide bonds. The van der Waals surface area contributed by atoms with E-state index in [1.54, 1.807) is 0 Å². The Hall–Kier alpha value is -0.160. The molecule has 18 heavy (non-hydrogen) atoms. The zero-order valence-corrected chi connectivity index (χ0v) is 12.7. The molecular weight excluding hydrogens is 232 g/mol. The molecule has 108 valence electrons. The summed E-state index contributed by atoms with van der Waals surface area (Å²) >= 11 is 0. The van der Waals surface area contributed by atoms with Crippen molar-refractivity contribution < 1.29 is 19.3 Å². The molecule has 4 nitrogen and oxygen atoms in total. The summed E-state index contributed by atoms with van der Waals surface area (Å²) in [6, 6.07) is 0. The van der Waals surface area contributed by atoms with Crippen LogP contribution in [-0.4, -0.2) is 47.3 Å². The van der Waals surface area contributed by atoms with E-state index in [2.05, 4.69) is 0 Å². The number of ether oxygens (including phenoxy) is 3. The highest BCUT2D eigenvalue weighted by Crippen LogP contribution is 2.28. The highest BCUT2D eigenvalue weighted by atomic mass is 16.6. The molecule has 1 unspecified atom stereocenters. The van der Waals surface area contributed by atoms with Crippen LogP contribution in [0.2, 0.25) is 0 Å². The van der Waals surface area contributed by atoms with Crippen LogP contribution in [0, 0.1) is 0 Å². The quantitative estimate of drug-likeness (QED) is 0.844. The predicted molar refractivity (Wildman–Crippen MR) is 70.7 cm³/mol. The maximum absolute atomic E-state index is 10.1. The van der Waals surface area contributed by atoms with Crippen molar-refractivity contribution in [2.45, 2.75) is 84.1 Å². The smallest absolute Gasteiger partial charge is 0.115 e. The first-order valence-electron chi connectivity index (χ1n) is 6.65. The van der Waals surface area contributed by atoms with E-state index in [4.69, 9.17) is 14.2 Å². The summed E-state index contributed by atoms with van der Waals surface area (Å²) < 4.78 is 17.4. The number of hydrogen-bond donors (Lipinski definition) is 1. The molecule has 0 aromatic carbocycles. The SMILES string of the molecule is C[C@H]1O[C@H](COC(C)(C)C)C(OC(C)(C)C)[C@@H]1O. The number of aliphatic hydroxyl groups excluding tert-OH is 1. The topological polar surface area (TPSA) is 47.9 Å². The van der Waals surface area contributed by atoms with Crippen LogP contribution >= 0.6 is 0 Å². The molecule has 1 rings (SSSR count). The van der Waals surface area contributed by atoms with E-state index in [1.807, 2.05) is 48.5 Å². The van der Waals surface area contributed by atoms with Crippen LogP contribution in [0.4, 0.5) is 0 Å². The molecule has 0 spiro atoms. The first kappa shape index (κ1) is 15.9. The van der Waals surface area contributed by atoms with Crippen molar-refractivity contribution in [3.8, 4) is 0 Å². The van der Waals surface area contributed by atoms with Gasteiger partial charge in [-0.05, 0) is 48.5 Å². The van der Waals surface area contributed by atoms with Crippen molar-refractivity contribution in [3.63, 3.8) is 0 Å². The van der Waals surface area contributed by atoms with E-state index in [1.165, 1.54) is 0 Å². The van der Waals surface area contributed by atoms with E-state index >= 15 is 0 Å². The lowest BCUT2D eigenvalue weighted by molar-refractivity contribution is -0.137. The summed E-state index contributed by atoms with van der Waals surface area (Å²) in [5.41, 5.74) is -0.522. The van der Waals surface area contributed by atoms with Crippen molar-refractivity contribution in [3.05, 3.63) is 0 Å². The maximum Gasteiger partial charge on any atom is 0.115 e. The third-order valence-electron chi connectivity index (χ3n) is 2.74. The number of hydrogen-bond acceptors (Lipinski definition) is 4. The maximum atomic E-state index is 10.1. The fourth-order valence-electron chi connectivity index (χ4n) is 1.94. The van der Waals surface area contributed by atoms with Gasteiger partial charge in [-0.3, -0.25) is 0 Å². The van der Waals surface area contributed by atoms with Gasteiger partial charge in [-0.25, -0.2) is 0 Å². The minimum absolute atomic E-state index is 0.214. The summed E-state index contributed by atoms with van der Waals surface area (Å²) in [6.45, 7) is 14.2. The molecule has 4 atom stereocenters. The molecule has 0 saturated carbocycles. The Morgan fingerprint density at radius 1 is 1.06 bits per heavy atom. The van der Waals surface area contributed by atoms with Gasteiger partial charge in [-0.1, -0.05) is 0 Å². The van der Waals surface area contributed by atoms with Gasteiger partial charge in [0.1, 0.15) is 18.3 Å². The Labute approximate surface area is 111 Å². The monoisotopic (exact) mass is 260 g/mol. The molecule has 1 N–H and O–H groups in total. The van der Waals surface area contributed by atoms with E-state index in [0.29, 0.717) is 6.61 Å². The van der Waals surface area contributed by atoms with Gasteiger partial charge in [0.05, 0.1) is 23.9 Å². The molecule has 1 heterocycles. The molecule has 0 bridgehead atoms. The lowest BCUT2D eigenvalue weighted by Crippen LogP contribution is -2.42. The van der Waals surface area contributed by atoms with E-state index < -0.39 is 6.10 Å². The van der Waals surface area contributed by atoms with E-state index in [0.717, 1.165) is 0 Å². The molecule has 0 aliphatic carbocycles. The second kappa shape index (κ2) is 5.45. The predicted octanol–water partition coefficient (Wildman–Crippen LogP) is 2.13. The third kappa shape index (κ3) is 4.84. The van der Waals surface area contributed by atoms with Gasteiger partial charge in [0.2, 0.25) is 0 Å². The molecule has 1 fully saturated rings. The summed E-state index contributed by atoms with van der Waals surface area (Å²) in [5, 5.41) is 10.1. The van der Waals surface area contributed by atoms with Crippen LogP contribution in [-0.2, 0) is 14.2 Å². The Bertz CT molecular complexity index is 264. The van der Waals surface area contributed by atoms with Gasteiger partial charge in [0, 0.05) is 0 Å². The Morgan fingerprint density at radius 3 is 2.06 bits per heavy atom. The fourth-order valence-corrected chi connectivity index (χ4v) is 1.94. The van der Waals surface area contributed by atoms with Crippen LogP contribution in [0.1, 0.15) is 48.5 Å². The molecule has 1 saturated heterocycles. The second-order valence-electron chi connectivity index (χ2n) is 6.99. The van der Waals surface area contributed by atoms with Gasteiger partial charge >= 0.3 is 0 Å². The lowest BCUT2D eigenvalue weighted by Gasteiger charge is -2.30. The van der Waals surface area contributed by atoms with Crippen molar-refractivity contribution in [1.29, 1.82) is 0 Å². The fraction of sp³-hybridized carbons (Fsp3) is 1.00. The third-order valence-corrected chi connectivity index (χ3v) is 2.74. The van der Waals surface area contributed by atoms with Crippen LogP contribution in [0.25, 0.3) is 0 Å². The van der Waals surface area contributed by atoms with Crippen molar-refractivity contribution in [2.75, 3.05) is 6.61 Å². The van der Waals surface area contributed by atoms with Gasteiger partial charge in [0.25, 0.3) is 0 Å². The zero-order chi connectivity index (χ0) is 14.1. The summed E-state index contributed by atoms with van der Waals surface area (Å²) in [7, 11) is 0. The van der Waals surface area contributed by atoms with E-state index in [-0.39, 0.29) is 29.5 Å². The largest absolute Gasteiger partial charge is 0.388 e. The zero-order valence-electron chi connectivity index (χ0n) is 12.7. The van der Waals surface area contributed by atoms with Crippen LogP contribution in [0.3, 0.4) is 0 Å². The van der Waals surface area contributed by atoms with Crippen LogP contribution in [0.15, 0.2) is 0 Å². The molecule has 0 radical (unpaired) electrons. The molecule has 1 aliphatic rings. The van der Waals surface area contributed by atoms with Gasteiger partial charge < -0.3 is 19.3 Å². The Kier molecular flexibility index (Phi) is 4.81. The first-order valence-corrected chi connectivity index (χ1v) is 6.65. The Morgan fingerprint density at radius 2 is 1.61 bits per heavy atom. The highest BCUT2D eigenvalue weighted by Gasteiger charge is 2.44.